The molecular formula is C20H35NO. The van der Waals surface area contributed by atoms with E-state index in [0.29, 0.717) is 0 Å². The summed E-state index contributed by atoms with van der Waals surface area (Å²) in [6.07, 6.45) is 11.7. The van der Waals surface area contributed by atoms with Crippen molar-refractivity contribution in [3.8, 4) is 5.75 Å². The largest absolute Gasteiger partial charge is 0.494 e. The molecule has 126 valence electrons. The van der Waals surface area contributed by atoms with Gasteiger partial charge in [-0.2, -0.15) is 0 Å². The quantitative estimate of drug-likeness (QED) is 0.445. The smallest absolute Gasteiger partial charge is 0.119 e. The van der Waals surface area contributed by atoms with Crippen molar-refractivity contribution in [3.63, 3.8) is 0 Å². The minimum Gasteiger partial charge on any atom is -0.494 e. The minimum atomic E-state index is 0.846. The van der Waals surface area contributed by atoms with Crippen LogP contribution in [0.5, 0.6) is 5.75 Å². The molecule has 2 heteroatoms. The summed E-state index contributed by atoms with van der Waals surface area (Å²) < 4.78 is 5.79. The maximum atomic E-state index is 5.79. The first-order chi connectivity index (χ1) is 10.9. The van der Waals surface area contributed by atoms with Crippen LogP contribution in [0.2, 0.25) is 0 Å². The number of benzene rings is 1. The molecular weight excluding hydrogens is 270 g/mol. The molecule has 2 nitrogen and oxygen atoms in total. The molecule has 0 unspecified atom stereocenters. The van der Waals surface area contributed by atoms with Gasteiger partial charge in [0.05, 0.1) is 6.61 Å². The molecule has 0 aliphatic rings. The molecule has 1 aromatic rings. The molecule has 22 heavy (non-hydrogen) atoms. The Morgan fingerprint density at radius 3 is 2.09 bits per heavy atom. The maximum Gasteiger partial charge on any atom is 0.119 e. The lowest BCUT2D eigenvalue weighted by atomic mass is 10.2. The van der Waals surface area contributed by atoms with Crippen LogP contribution < -0.4 is 10.1 Å². The Morgan fingerprint density at radius 1 is 0.773 bits per heavy atom. The van der Waals surface area contributed by atoms with E-state index < -0.39 is 0 Å². The molecule has 0 aliphatic heterocycles. The van der Waals surface area contributed by atoms with Gasteiger partial charge in [0.25, 0.3) is 0 Å². The number of ether oxygens (including phenoxy) is 1. The molecule has 0 amide bonds. The van der Waals surface area contributed by atoms with Gasteiger partial charge >= 0.3 is 0 Å². The fraction of sp³-hybridized carbons (Fsp3) is 0.700. The Morgan fingerprint density at radius 2 is 1.41 bits per heavy atom. The fourth-order valence-corrected chi connectivity index (χ4v) is 2.51. The van der Waals surface area contributed by atoms with Crippen LogP contribution in [-0.4, -0.2) is 13.2 Å². The van der Waals surface area contributed by atoms with Gasteiger partial charge in [0.2, 0.25) is 0 Å². The third-order valence-electron chi connectivity index (χ3n) is 3.98. The summed E-state index contributed by atoms with van der Waals surface area (Å²) in [6, 6.07) is 8.54. The second kappa shape index (κ2) is 13.6. The number of nitrogens with one attached hydrogen (secondary N) is 1. The normalized spacial score (nSPS) is 10.8. The van der Waals surface area contributed by atoms with E-state index in [1.165, 1.54) is 63.4 Å². The van der Waals surface area contributed by atoms with Gasteiger partial charge in [-0.25, -0.2) is 0 Å². The second-order valence-corrected chi connectivity index (χ2v) is 6.14. The highest BCUT2D eigenvalue weighted by Gasteiger charge is 1.96. The molecule has 0 spiro atoms. The average Bonchev–Trinajstić information content (AvgIpc) is 2.55. The van der Waals surface area contributed by atoms with E-state index in [1.807, 2.05) is 0 Å². The molecule has 1 aromatic carbocycles. The van der Waals surface area contributed by atoms with Crippen molar-refractivity contribution in [2.24, 2.45) is 0 Å². The second-order valence-electron chi connectivity index (χ2n) is 6.14. The average molecular weight is 306 g/mol. The standard InChI is InChI=1S/C20H35NO/c1-3-5-7-9-11-17-22-20-14-12-19(13-15-20)18-21-16-10-8-6-4-2/h12-15,21H,3-11,16-18H2,1-2H3. The topological polar surface area (TPSA) is 21.3 Å². The summed E-state index contributed by atoms with van der Waals surface area (Å²) in [5, 5.41) is 3.51. The van der Waals surface area contributed by atoms with Gasteiger partial charge in [0.15, 0.2) is 0 Å². The van der Waals surface area contributed by atoms with Gasteiger partial charge in [0.1, 0.15) is 5.75 Å². The summed E-state index contributed by atoms with van der Waals surface area (Å²) in [4.78, 5) is 0. The lowest BCUT2D eigenvalue weighted by Gasteiger charge is -2.08. The first-order valence-corrected chi connectivity index (χ1v) is 9.29. The van der Waals surface area contributed by atoms with E-state index in [-0.39, 0.29) is 0 Å². The van der Waals surface area contributed by atoms with E-state index in [4.69, 9.17) is 4.74 Å². The first kappa shape index (κ1) is 19.0. The lowest BCUT2D eigenvalue weighted by Crippen LogP contribution is -2.14. The number of hydrogen-bond acceptors (Lipinski definition) is 2. The van der Waals surface area contributed by atoms with Crippen LogP contribution in [0.15, 0.2) is 24.3 Å². The maximum absolute atomic E-state index is 5.79. The monoisotopic (exact) mass is 305 g/mol. The fourth-order valence-electron chi connectivity index (χ4n) is 2.51. The minimum absolute atomic E-state index is 0.846. The van der Waals surface area contributed by atoms with Crippen molar-refractivity contribution in [2.45, 2.75) is 78.2 Å². The van der Waals surface area contributed by atoms with Crippen LogP contribution in [-0.2, 0) is 6.54 Å². The van der Waals surface area contributed by atoms with Gasteiger partial charge in [0, 0.05) is 6.54 Å². The van der Waals surface area contributed by atoms with E-state index in [0.717, 1.165) is 25.4 Å². The van der Waals surface area contributed by atoms with E-state index >= 15 is 0 Å². The van der Waals surface area contributed by atoms with Gasteiger partial charge in [-0.1, -0.05) is 70.9 Å². The zero-order valence-corrected chi connectivity index (χ0v) is 14.7. The summed E-state index contributed by atoms with van der Waals surface area (Å²) in [7, 11) is 0. The Balaban J connectivity index is 2.07. The van der Waals surface area contributed by atoms with Crippen LogP contribution in [0, 0.1) is 0 Å². The molecule has 0 aromatic heterocycles. The molecule has 0 saturated heterocycles. The third kappa shape index (κ3) is 9.83. The molecule has 0 saturated carbocycles. The van der Waals surface area contributed by atoms with Crippen LogP contribution in [0.25, 0.3) is 0 Å². The van der Waals surface area contributed by atoms with Gasteiger partial charge in [-0.05, 0) is 37.1 Å². The molecule has 1 rings (SSSR count). The number of unbranched alkanes of at least 4 members (excludes halogenated alkanes) is 7. The molecule has 0 radical (unpaired) electrons. The van der Waals surface area contributed by atoms with Crippen molar-refractivity contribution in [3.05, 3.63) is 29.8 Å². The predicted molar refractivity (Wildman–Crippen MR) is 96.5 cm³/mol. The van der Waals surface area contributed by atoms with Gasteiger partial charge in [-0.15, -0.1) is 0 Å². The zero-order valence-electron chi connectivity index (χ0n) is 14.7. The van der Waals surface area contributed by atoms with Crippen LogP contribution in [0.3, 0.4) is 0 Å². The Kier molecular flexibility index (Phi) is 11.8. The van der Waals surface area contributed by atoms with E-state index in [1.54, 1.807) is 0 Å². The van der Waals surface area contributed by atoms with Crippen molar-refractivity contribution >= 4 is 0 Å². The number of hydrogen-bond donors (Lipinski definition) is 1. The predicted octanol–water partition coefficient (Wildman–Crippen LogP) is 5.71. The molecule has 0 atom stereocenters. The zero-order chi connectivity index (χ0) is 15.9. The SMILES string of the molecule is CCCCCCCOc1ccc(CNCCCCCC)cc1. The Hall–Kier alpha value is -1.02. The summed E-state index contributed by atoms with van der Waals surface area (Å²) in [5.74, 6) is 1.00. The molecule has 1 N–H and O–H groups in total. The van der Waals surface area contributed by atoms with Crippen molar-refractivity contribution in [1.82, 2.24) is 5.32 Å². The summed E-state index contributed by atoms with van der Waals surface area (Å²) in [5.41, 5.74) is 1.34. The number of rotatable bonds is 14. The van der Waals surface area contributed by atoms with E-state index in [2.05, 4.69) is 43.4 Å². The van der Waals surface area contributed by atoms with Crippen LogP contribution in [0.4, 0.5) is 0 Å². The van der Waals surface area contributed by atoms with Crippen molar-refractivity contribution in [2.75, 3.05) is 13.2 Å². The highest BCUT2D eigenvalue weighted by molar-refractivity contribution is 5.27. The molecule has 0 fully saturated rings. The van der Waals surface area contributed by atoms with Crippen molar-refractivity contribution in [1.29, 1.82) is 0 Å². The van der Waals surface area contributed by atoms with Crippen LogP contribution >= 0.6 is 0 Å². The Bertz CT molecular complexity index is 312. The first-order valence-electron chi connectivity index (χ1n) is 9.29. The summed E-state index contributed by atoms with van der Waals surface area (Å²) >= 11 is 0. The van der Waals surface area contributed by atoms with Gasteiger partial charge < -0.3 is 10.1 Å². The molecule has 0 heterocycles. The molecule has 0 bridgehead atoms. The lowest BCUT2D eigenvalue weighted by molar-refractivity contribution is 0.304. The van der Waals surface area contributed by atoms with Crippen LogP contribution in [0.1, 0.15) is 77.2 Å². The summed E-state index contributed by atoms with van der Waals surface area (Å²) in [6.45, 7) is 7.43. The van der Waals surface area contributed by atoms with Crippen molar-refractivity contribution < 1.29 is 4.74 Å². The Labute approximate surface area is 137 Å². The third-order valence-corrected chi connectivity index (χ3v) is 3.98. The highest BCUT2D eigenvalue weighted by atomic mass is 16.5. The molecule has 0 aliphatic carbocycles. The van der Waals surface area contributed by atoms with Gasteiger partial charge in [-0.3, -0.25) is 0 Å². The van der Waals surface area contributed by atoms with E-state index in [9.17, 15) is 0 Å². The highest BCUT2D eigenvalue weighted by Crippen LogP contribution is 2.13.